The van der Waals surface area contributed by atoms with Crippen molar-refractivity contribution in [2.45, 2.75) is 12.6 Å². The van der Waals surface area contributed by atoms with Crippen LogP contribution in [0.2, 0.25) is 0 Å². The molecule has 0 unspecified atom stereocenters. The Balaban J connectivity index is 2.40. The standard InChI is InChI=1S/C8H9F3N2O3/c9-8(10,11)4-16-2-1-5-12-6(14)3-7(15)13-5/h3H,1-2,4H2,(H2,12,13,14,15). The molecule has 0 spiro atoms. The Bertz CT molecular complexity index is 402. The van der Waals surface area contributed by atoms with Gasteiger partial charge in [-0.15, -0.1) is 0 Å². The van der Waals surface area contributed by atoms with E-state index in [1.54, 1.807) is 0 Å². The molecule has 8 heteroatoms. The van der Waals surface area contributed by atoms with E-state index < -0.39 is 24.2 Å². The SMILES string of the molecule is O=c1cc(O)nc(CCOCC(F)(F)F)[nH]1. The maximum atomic E-state index is 11.7. The van der Waals surface area contributed by atoms with E-state index >= 15 is 0 Å². The first-order valence-electron chi connectivity index (χ1n) is 4.30. The molecule has 0 atom stereocenters. The average molecular weight is 238 g/mol. The maximum Gasteiger partial charge on any atom is 0.411 e. The summed E-state index contributed by atoms with van der Waals surface area (Å²) in [6.07, 6.45) is -4.39. The molecule has 1 rings (SSSR count). The van der Waals surface area contributed by atoms with Gasteiger partial charge in [-0.3, -0.25) is 4.79 Å². The number of aromatic nitrogens is 2. The second-order valence-corrected chi connectivity index (χ2v) is 2.97. The van der Waals surface area contributed by atoms with E-state index in [-0.39, 0.29) is 18.9 Å². The van der Waals surface area contributed by atoms with Crippen LogP contribution in [0.5, 0.6) is 5.88 Å². The third kappa shape index (κ3) is 4.78. The molecule has 0 radical (unpaired) electrons. The van der Waals surface area contributed by atoms with Gasteiger partial charge >= 0.3 is 6.18 Å². The fourth-order valence-electron chi connectivity index (χ4n) is 0.969. The summed E-state index contributed by atoms with van der Waals surface area (Å²) in [5, 5.41) is 8.93. The van der Waals surface area contributed by atoms with Crippen LogP contribution in [0.15, 0.2) is 10.9 Å². The van der Waals surface area contributed by atoms with Crippen molar-refractivity contribution in [2.75, 3.05) is 13.2 Å². The van der Waals surface area contributed by atoms with E-state index in [1.165, 1.54) is 0 Å². The molecule has 90 valence electrons. The first kappa shape index (κ1) is 12.5. The van der Waals surface area contributed by atoms with Gasteiger partial charge in [0.1, 0.15) is 12.4 Å². The fourth-order valence-corrected chi connectivity index (χ4v) is 0.969. The van der Waals surface area contributed by atoms with Crippen LogP contribution in [-0.4, -0.2) is 34.5 Å². The lowest BCUT2D eigenvalue weighted by molar-refractivity contribution is -0.173. The molecular formula is C8H9F3N2O3. The lowest BCUT2D eigenvalue weighted by Crippen LogP contribution is -2.19. The number of nitrogens with zero attached hydrogens (tertiary/aromatic N) is 1. The highest BCUT2D eigenvalue weighted by molar-refractivity contribution is 5.06. The van der Waals surface area contributed by atoms with Crippen LogP contribution < -0.4 is 5.56 Å². The summed E-state index contributed by atoms with van der Waals surface area (Å²) in [6, 6.07) is 0.861. The molecule has 0 bridgehead atoms. The number of H-pyrrole nitrogens is 1. The second kappa shape index (κ2) is 4.97. The van der Waals surface area contributed by atoms with Gasteiger partial charge in [0, 0.05) is 6.42 Å². The van der Waals surface area contributed by atoms with Gasteiger partial charge in [0.05, 0.1) is 12.7 Å². The van der Waals surface area contributed by atoms with Gasteiger partial charge in [0.25, 0.3) is 5.56 Å². The number of aromatic amines is 1. The van der Waals surface area contributed by atoms with Crippen LogP contribution in [-0.2, 0) is 11.2 Å². The summed E-state index contributed by atoms with van der Waals surface area (Å²) in [7, 11) is 0. The number of aromatic hydroxyl groups is 1. The van der Waals surface area contributed by atoms with Crippen molar-refractivity contribution in [3.8, 4) is 5.88 Å². The molecule has 0 aliphatic rings. The highest BCUT2D eigenvalue weighted by Crippen LogP contribution is 2.14. The summed E-state index contributed by atoms with van der Waals surface area (Å²) in [6.45, 7) is -1.60. The molecule has 0 aliphatic carbocycles. The first-order valence-corrected chi connectivity index (χ1v) is 4.30. The Hall–Kier alpha value is -1.57. The molecule has 1 heterocycles. The molecule has 0 aromatic carbocycles. The van der Waals surface area contributed by atoms with Crippen molar-refractivity contribution >= 4 is 0 Å². The van der Waals surface area contributed by atoms with Gasteiger partial charge in [-0.2, -0.15) is 13.2 Å². The van der Waals surface area contributed by atoms with Crippen LogP contribution >= 0.6 is 0 Å². The molecule has 16 heavy (non-hydrogen) atoms. The van der Waals surface area contributed by atoms with Crippen LogP contribution in [0.3, 0.4) is 0 Å². The summed E-state index contributed by atoms with van der Waals surface area (Å²) in [4.78, 5) is 16.6. The lowest BCUT2D eigenvalue weighted by Gasteiger charge is -2.06. The molecule has 1 aromatic heterocycles. The van der Waals surface area contributed by atoms with Crippen LogP contribution in [0.4, 0.5) is 13.2 Å². The molecule has 1 aromatic rings. The Morgan fingerprint density at radius 3 is 2.75 bits per heavy atom. The predicted octanol–water partition coefficient (Wildman–Crippen LogP) is 0.597. The minimum Gasteiger partial charge on any atom is -0.493 e. The van der Waals surface area contributed by atoms with Gasteiger partial charge in [0.15, 0.2) is 0 Å². The quantitative estimate of drug-likeness (QED) is 0.753. The summed E-state index contributed by atoms with van der Waals surface area (Å²) < 4.78 is 39.3. The average Bonchev–Trinajstić information content (AvgIpc) is 2.09. The number of nitrogens with one attached hydrogen (secondary N) is 1. The third-order valence-electron chi connectivity index (χ3n) is 1.53. The van der Waals surface area contributed by atoms with Gasteiger partial charge in [-0.25, -0.2) is 4.98 Å². The minimum atomic E-state index is -4.38. The summed E-state index contributed by atoms with van der Waals surface area (Å²) in [5.74, 6) is -0.401. The van der Waals surface area contributed by atoms with Gasteiger partial charge in [0.2, 0.25) is 5.88 Å². The van der Waals surface area contributed by atoms with Crippen molar-refractivity contribution < 1.29 is 23.0 Å². The Kier molecular flexibility index (Phi) is 3.88. The molecule has 2 N–H and O–H groups in total. The van der Waals surface area contributed by atoms with Crippen LogP contribution in [0.1, 0.15) is 5.82 Å². The number of hydrogen-bond donors (Lipinski definition) is 2. The van der Waals surface area contributed by atoms with Crippen molar-refractivity contribution in [1.29, 1.82) is 0 Å². The lowest BCUT2D eigenvalue weighted by atomic mass is 10.4. The monoisotopic (exact) mass is 238 g/mol. The fraction of sp³-hybridized carbons (Fsp3) is 0.500. The summed E-state index contributed by atoms with van der Waals surface area (Å²) in [5.41, 5.74) is -0.571. The third-order valence-corrected chi connectivity index (χ3v) is 1.53. The number of hydrogen-bond acceptors (Lipinski definition) is 4. The van der Waals surface area contributed by atoms with E-state index in [2.05, 4.69) is 14.7 Å². The molecule has 0 saturated heterocycles. The number of ether oxygens (including phenoxy) is 1. The zero-order valence-electron chi connectivity index (χ0n) is 8.04. The number of rotatable bonds is 4. The molecule has 0 saturated carbocycles. The Morgan fingerprint density at radius 1 is 1.50 bits per heavy atom. The van der Waals surface area contributed by atoms with Crippen LogP contribution in [0, 0.1) is 0 Å². The Morgan fingerprint density at radius 2 is 2.19 bits per heavy atom. The predicted molar refractivity (Wildman–Crippen MR) is 47.1 cm³/mol. The van der Waals surface area contributed by atoms with E-state index in [9.17, 15) is 18.0 Å². The zero-order chi connectivity index (χ0) is 12.2. The summed E-state index contributed by atoms with van der Waals surface area (Å²) >= 11 is 0. The van der Waals surface area contributed by atoms with Crippen molar-refractivity contribution in [3.05, 3.63) is 22.2 Å². The number of halogens is 3. The zero-order valence-corrected chi connectivity index (χ0v) is 8.04. The topological polar surface area (TPSA) is 75.2 Å². The van der Waals surface area contributed by atoms with E-state index in [1.807, 2.05) is 0 Å². The largest absolute Gasteiger partial charge is 0.493 e. The van der Waals surface area contributed by atoms with Crippen LogP contribution in [0.25, 0.3) is 0 Å². The first-order chi connectivity index (χ1) is 7.37. The smallest absolute Gasteiger partial charge is 0.411 e. The number of alkyl halides is 3. The van der Waals surface area contributed by atoms with Crippen molar-refractivity contribution in [1.82, 2.24) is 9.97 Å². The van der Waals surface area contributed by atoms with Gasteiger partial charge < -0.3 is 14.8 Å². The maximum absolute atomic E-state index is 11.7. The molecular weight excluding hydrogens is 229 g/mol. The molecule has 0 amide bonds. The van der Waals surface area contributed by atoms with E-state index in [4.69, 9.17) is 5.11 Å². The minimum absolute atomic E-state index is 0.0142. The molecule has 0 fully saturated rings. The van der Waals surface area contributed by atoms with E-state index in [0.29, 0.717) is 0 Å². The Labute approximate surface area is 87.9 Å². The normalized spacial score (nSPS) is 11.7. The van der Waals surface area contributed by atoms with Gasteiger partial charge in [-0.05, 0) is 0 Å². The highest BCUT2D eigenvalue weighted by atomic mass is 19.4. The van der Waals surface area contributed by atoms with Gasteiger partial charge in [-0.1, -0.05) is 0 Å². The molecule has 0 aliphatic heterocycles. The van der Waals surface area contributed by atoms with Crippen molar-refractivity contribution in [2.24, 2.45) is 0 Å². The molecule has 5 nitrogen and oxygen atoms in total. The van der Waals surface area contributed by atoms with Crippen molar-refractivity contribution in [3.63, 3.8) is 0 Å². The second-order valence-electron chi connectivity index (χ2n) is 2.97. The highest BCUT2D eigenvalue weighted by Gasteiger charge is 2.27. The van der Waals surface area contributed by atoms with E-state index in [0.717, 1.165) is 6.07 Å².